The van der Waals surface area contributed by atoms with Crippen LogP contribution in [-0.4, -0.2) is 11.6 Å². The number of anilines is 1. The maximum absolute atomic E-state index is 13.1. The van der Waals surface area contributed by atoms with Crippen molar-refractivity contribution in [3.8, 4) is 0 Å². The fourth-order valence-corrected chi connectivity index (χ4v) is 5.85. The Hall–Kier alpha value is -2.02. The maximum Gasteiger partial charge on any atom is 0.271 e. The van der Waals surface area contributed by atoms with E-state index in [1.807, 2.05) is 72.7 Å². The van der Waals surface area contributed by atoms with Crippen LogP contribution in [0.3, 0.4) is 0 Å². The Balaban J connectivity index is 1.94. The molecule has 0 aliphatic carbocycles. The molecule has 3 aromatic rings. The van der Waals surface area contributed by atoms with Crippen molar-refractivity contribution in [1.29, 1.82) is 0 Å². The Morgan fingerprint density at radius 1 is 1.26 bits per heavy atom. The number of thiazole rings is 1. The van der Waals surface area contributed by atoms with Gasteiger partial charge in [0.2, 0.25) is 5.69 Å². The number of halogens is 1. The predicted octanol–water partition coefficient (Wildman–Crippen LogP) is 2.54. The number of aryl methyl sites for hydroxylation is 1. The standard InChI is InChI=1S/C20H19ClN3OS2/c1-4-24-17(12-14-7-5-6-10-22(14)2)27-18(19(24)25)20-23(3)15-9-8-13(21)11-16(15)26-20/h5-12H,4H2,1-3H3/q+1/b20-18+. The highest BCUT2D eigenvalue weighted by Crippen LogP contribution is 2.46. The van der Waals surface area contributed by atoms with Gasteiger partial charge in [0.05, 0.1) is 5.69 Å². The van der Waals surface area contributed by atoms with Crippen LogP contribution < -0.4 is 24.2 Å². The summed E-state index contributed by atoms with van der Waals surface area (Å²) in [6.45, 7) is 2.64. The van der Waals surface area contributed by atoms with Gasteiger partial charge in [-0.15, -0.1) is 11.3 Å². The van der Waals surface area contributed by atoms with Gasteiger partial charge in [-0.2, -0.15) is 0 Å². The van der Waals surface area contributed by atoms with E-state index in [1.165, 1.54) is 11.3 Å². The van der Waals surface area contributed by atoms with E-state index in [0.717, 1.165) is 30.5 Å². The molecule has 2 aromatic heterocycles. The molecule has 0 bridgehead atoms. The van der Waals surface area contributed by atoms with E-state index < -0.39 is 0 Å². The van der Waals surface area contributed by atoms with E-state index in [9.17, 15) is 4.79 Å². The summed E-state index contributed by atoms with van der Waals surface area (Å²) in [5.74, 6) is 0. The molecular weight excluding hydrogens is 398 g/mol. The second-order valence-corrected chi connectivity index (χ2v) is 8.78. The molecular formula is C20H19ClN3OS2+. The summed E-state index contributed by atoms with van der Waals surface area (Å²) in [6.07, 6.45) is 4.08. The molecule has 0 atom stereocenters. The molecule has 1 aliphatic rings. The van der Waals surface area contributed by atoms with E-state index in [2.05, 4.69) is 11.0 Å². The summed E-state index contributed by atoms with van der Waals surface area (Å²) in [4.78, 5) is 16.3. The lowest BCUT2D eigenvalue weighted by Crippen LogP contribution is -2.34. The minimum atomic E-state index is 0.0561. The van der Waals surface area contributed by atoms with Crippen molar-refractivity contribution >= 4 is 51.5 Å². The van der Waals surface area contributed by atoms with Gasteiger partial charge >= 0.3 is 0 Å². The third-order valence-corrected chi connectivity index (χ3v) is 7.29. The zero-order valence-corrected chi connectivity index (χ0v) is 17.7. The van der Waals surface area contributed by atoms with Crippen molar-refractivity contribution in [2.24, 2.45) is 7.05 Å². The molecule has 7 heteroatoms. The van der Waals surface area contributed by atoms with Crippen molar-refractivity contribution < 1.29 is 4.57 Å². The summed E-state index contributed by atoms with van der Waals surface area (Å²) in [6, 6.07) is 11.9. The molecule has 4 rings (SSSR count). The van der Waals surface area contributed by atoms with Gasteiger partial charge in [-0.1, -0.05) is 23.4 Å². The number of hydrogen-bond acceptors (Lipinski definition) is 4. The number of nitrogens with zero attached hydrogens (tertiary/aromatic N) is 3. The second kappa shape index (κ2) is 7.19. The van der Waals surface area contributed by atoms with E-state index in [4.69, 9.17) is 11.6 Å². The molecule has 0 unspecified atom stereocenters. The highest BCUT2D eigenvalue weighted by Gasteiger charge is 2.25. The Bertz CT molecular complexity index is 1210. The molecule has 0 saturated carbocycles. The first-order valence-electron chi connectivity index (χ1n) is 8.61. The number of aromatic nitrogens is 2. The van der Waals surface area contributed by atoms with Gasteiger partial charge in [-0.25, -0.2) is 4.57 Å². The number of benzene rings is 1. The van der Waals surface area contributed by atoms with Gasteiger partial charge in [0.15, 0.2) is 6.20 Å². The minimum Gasteiger partial charge on any atom is -0.337 e. The fraction of sp³-hybridized carbons (Fsp3) is 0.200. The molecule has 0 N–H and O–H groups in total. The van der Waals surface area contributed by atoms with Crippen LogP contribution >= 0.6 is 34.7 Å². The van der Waals surface area contributed by atoms with Crippen LogP contribution in [0.15, 0.2) is 52.3 Å². The summed E-state index contributed by atoms with van der Waals surface area (Å²) in [5, 5.41) is 1.67. The summed E-state index contributed by atoms with van der Waals surface area (Å²) >= 11 is 9.28. The van der Waals surface area contributed by atoms with Crippen LogP contribution in [-0.2, 0) is 13.6 Å². The Labute approximate surface area is 170 Å². The van der Waals surface area contributed by atoms with Crippen LogP contribution in [0.2, 0.25) is 5.02 Å². The molecule has 27 heavy (non-hydrogen) atoms. The molecule has 0 spiro atoms. The monoisotopic (exact) mass is 416 g/mol. The smallest absolute Gasteiger partial charge is 0.271 e. The van der Waals surface area contributed by atoms with Gasteiger partial charge < -0.3 is 4.90 Å². The third-order valence-electron chi connectivity index (χ3n) is 4.58. The van der Waals surface area contributed by atoms with Crippen LogP contribution in [0.25, 0.3) is 11.1 Å². The van der Waals surface area contributed by atoms with E-state index in [1.54, 1.807) is 11.8 Å². The first kappa shape index (κ1) is 18.3. The van der Waals surface area contributed by atoms with Crippen molar-refractivity contribution in [1.82, 2.24) is 4.57 Å². The lowest BCUT2D eigenvalue weighted by atomic mass is 10.3. The van der Waals surface area contributed by atoms with Crippen LogP contribution in [0.1, 0.15) is 12.6 Å². The average molecular weight is 417 g/mol. The van der Waals surface area contributed by atoms with Crippen molar-refractivity contribution in [3.63, 3.8) is 0 Å². The molecule has 0 fully saturated rings. The molecule has 3 heterocycles. The zero-order chi connectivity index (χ0) is 19.1. The molecule has 4 nitrogen and oxygen atoms in total. The number of thioether (sulfide) groups is 1. The van der Waals surface area contributed by atoms with E-state index in [-0.39, 0.29) is 5.56 Å². The number of hydrogen-bond donors (Lipinski definition) is 0. The highest BCUT2D eigenvalue weighted by atomic mass is 35.5. The molecule has 138 valence electrons. The summed E-state index contributed by atoms with van der Waals surface area (Å²) in [7, 11) is 4.00. The molecule has 1 aliphatic heterocycles. The van der Waals surface area contributed by atoms with Crippen molar-refractivity contribution in [3.05, 3.63) is 72.9 Å². The van der Waals surface area contributed by atoms with Crippen LogP contribution in [0.4, 0.5) is 5.69 Å². The lowest BCUT2D eigenvalue weighted by Gasteiger charge is -2.12. The van der Waals surface area contributed by atoms with E-state index in [0.29, 0.717) is 11.6 Å². The van der Waals surface area contributed by atoms with Gasteiger partial charge in [-0.3, -0.25) is 9.36 Å². The van der Waals surface area contributed by atoms with Gasteiger partial charge in [-0.05, 0) is 31.2 Å². The minimum absolute atomic E-state index is 0.0561. The normalized spacial score (nSPS) is 16.1. The first-order chi connectivity index (χ1) is 13.0. The predicted molar refractivity (Wildman–Crippen MR) is 114 cm³/mol. The Morgan fingerprint density at radius 3 is 2.81 bits per heavy atom. The van der Waals surface area contributed by atoms with E-state index >= 15 is 0 Å². The number of rotatable bonds is 2. The molecule has 1 aromatic carbocycles. The van der Waals surface area contributed by atoms with Gasteiger partial charge in [0, 0.05) is 41.7 Å². The topological polar surface area (TPSA) is 29.1 Å². The maximum atomic E-state index is 13.1. The quantitative estimate of drug-likeness (QED) is 0.601. The second-order valence-electron chi connectivity index (χ2n) is 6.28. The Kier molecular flexibility index (Phi) is 4.88. The van der Waals surface area contributed by atoms with Gasteiger partial charge in [0.1, 0.15) is 21.3 Å². The third kappa shape index (κ3) is 3.22. The van der Waals surface area contributed by atoms with Crippen molar-refractivity contribution in [2.75, 3.05) is 11.9 Å². The van der Waals surface area contributed by atoms with Crippen molar-refractivity contribution in [2.45, 2.75) is 18.4 Å². The Morgan fingerprint density at radius 2 is 2.07 bits per heavy atom. The highest BCUT2D eigenvalue weighted by molar-refractivity contribution is 8.08. The first-order valence-corrected chi connectivity index (χ1v) is 10.6. The SMILES string of the molecule is CCn1c(=O)/c(=C2\Sc3cc(Cl)ccc3N2C)s/c1=C\c1cccc[n+]1C. The summed E-state index contributed by atoms with van der Waals surface area (Å²) in [5.41, 5.74) is 2.19. The molecule has 0 radical (unpaired) electrons. The number of pyridine rings is 1. The largest absolute Gasteiger partial charge is 0.337 e. The lowest BCUT2D eigenvalue weighted by molar-refractivity contribution is -0.673. The fourth-order valence-electron chi connectivity index (χ4n) is 3.11. The van der Waals surface area contributed by atoms with Crippen LogP contribution in [0.5, 0.6) is 0 Å². The molecule has 0 amide bonds. The number of fused-ring (bicyclic) bond motifs is 1. The zero-order valence-electron chi connectivity index (χ0n) is 15.3. The molecule has 0 saturated heterocycles. The summed E-state index contributed by atoms with van der Waals surface area (Å²) < 4.78 is 5.60. The van der Waals surface area contributed by atoms with Crippen LogP contribution in [0, 0.1) is 0 Å². The van der Waals surface area contributed by atoms with Gasteiger partial charge in [0.25, 0.3) is 5.56 Å². The average Bonchev–Trinajstić information content (AvgIpc) is 3.13.